The molecule has 30 atom stereocenters. The number of unbranched alkanes of at least 4 members (excludes halogenated alkanes) is 2. The second-order valence-electron chi connectivity index (χ2n) is 20.4. The summed E-state index contributed by atoms with van der Waals surface area (Å²) in [6.45, 7) is -3.69. The molecule has 6 fully saturated rings. The number of nitrogens with one attached hydrogen (secondary N) is 2. The standard InChI is InChI=1S/C45H79N3O34S/c1-14(55)47-22-27(60)34(19(11-52)74-40(22)81-38-25(58)17(9-50)72-44(32(38)65)79-36-21(13-54)76-42(30(63)29(36)62)70-7-5-3-4-6-46)77-43-31(64)37(24(57)16(8-49)71-43)80-41-23(48-15(2)56)28(61)35(20(12-53)75-41)78-45-33(66)39(82-83(67,68)69)26(59)18(10-51)73-45/h16-45,49-54,57-66H,3-13,46H2,1-2H3,(H,47,55)(H,48,56)(H,67,68,69)/p-1/t16-,17-,18-,19-,20-,21-,22-,23-,24+,25+,26+,27-,28-,29-,30-,31-,32-,33-,34-,35-,36-,37+,38+,39+,40+,41+,42-,43+,44+,45+/m1/s1. The lowest BCUT2D eigenvalue weighted by Gasteiger charge is -2.51. The summed E-state index contributed by atoms with van der Waals surface area (Å²) in [7, 11) is -5.63. The number of amides is 2. The quantitative estimate of drug-likeness (QED) is 0.0217. The fourth-order valence-corrected chi connectivity index (χ4v) is 10.8. The number of hydrogen-bond acceptors (Lipinski definition) is 35. The Hall–Kier alpha value is -2.35. The third kappa shape index (κ3) is 16.7. The first-order chi connectivity index (χ1) is 39.3. The van der Waals surface area contributed by atoms with E-state index in [4.69, 9.17) is 62.6 Å². The lowest BCUT2D eigenvalue weighted by molar-refractivity contribution is -0.387. The van der Waals surface area contributed by atoms with Gasteiger partial charge in [-0.1, -0.05) is 0 Å². The minimum absolute atomic E-state index is 0.0832. The Labute approximate surface area is 473 Å². The van der Waals surface area contributed by atoms with Crippen molar-refractivity contribution in [1.82, 2.24) is 10.6 Å². The van der Waals surface area contributed by atoms with E-state index in [1.807, 2.05) is 0 Å². The van der Waals surface area contributed by atoms with E-state index in [1.54, 1.807) is 0 Å². The molecule has 6 aliphatic rings. The molecule has 0 aromatic rings. The fraction of sp³-hybridized carbons (Fsp3) is 0.956. The molecule has 0 bridgehead atoms. The van der Waals surface area contributed by atoms with Gasteiger partial charge >= 0.3 is 0 Å². The Morgan fingerprint density at radius 3 is 1.10 bits per heavy atom. The van der Waals surface area contributed by atoms with Crippen molar-refractivity contribution in [3.63, 3.8) is 0 Å². The highest BCUT2D eigenvalue weighted by Crippen LogP contribution is 2.37. The van der Waals surface area contributed by atoms with Crippen LogP contribution < -0.4 is 16.4 Å². The van der Waals surface area contributed by atoms with Crippen molar-refractivity contribution >= 4 is 22.2 Å². The van der Waals surface area contributed by atoms with Crippen LogP contribution in [0.15, 0.2) is 0 Å². The zero-order valence-electron chi connectivity index (χ0n) is 44.6. The first kappa shape index (κ1) is 69.7. The summed E-state index contributed by atoms with van der Waals surface area (Å²) in [6, 6.07) is -3.68. The smallest absolute Gasteiger partial charge is 0.218 e. The van der Waals surface area contributed by atoms with Crippen molar-refractivity contribution in [3.05, 3.63) is 0 Å². The van der Waals surface area contributed by atoms with Crippen LogP contribution in [0.1, 0.15) is 33.1 Å². The SMILES string of the molecule is CC(=O)N[C@H]1[C@H](O[C@H]2[C@@H](O)[C@@H](CO)O[C@@H](O[C@H]3[C@H](O)[C@@H](O)[C@H](OCCCCCN)O[C@@H]3CO)[C@@H]2O)O[C@H](CO)[C@@H](O[C@@H]2O[C@H](CO)[C@H](O)[C@H](O[C@@H]3O[C@H](CO)[C@@H](O[C@@H]4O[C@H](CO)[C@H](O)[C@H](OS(=O)(=O)[O-])[C@H]4O)[C@H](O)[C@H]3NC(C)=O)[C@H]2O)[C@@H]1O. The molecule has 0 aromatic heterocycles. The second kappa shape index (κ2) is 31.2. The first-order valence-corrected chi connectivity index (χ1v) is 27.8. The van der Waals surface area contributed by atoms with Gasteiger partial charge in [-0.2, -0.15) is 0 Å². The van der Waals surface area contributed by atoms with Gasteiger partial charge in [-0.25, -0.2) is 8.42 Å². The lowest BCUT2D eigenvalue weighted by atomic mass is 9.93. The molecule has 2 amide bonds. The van der Waals surface area contributed by atoms with Gasteiger partial charge in [0.25, 0.3) is 0 Å². The van der Waals surface area contributed by atoms with Crippen molar-refractivity contribution < 1.29 is 165 Å². The van der Waals surface area contributed by atoms with Crippen molar-refractivity contribution in [1.29, 1.82) is 0 Å². The number of carbonyl (C=O) groups is 2. The van der Waals surface area contributed by atoms with E-state index >= 15 is 0 Å². The molecule has 6 aliphatic heterocycles. The molecule has 6 saturated heterocycles. The van der Waals surface area contributed by atoms with E-state index in [0.717, 1.165) is 13.8 Å². The molecule has 0 unspecified atom stereocenters. The van der Waals surface area contributed by atoms with Crippen LogP contribution >= 0.6 is 0 Å². The van der Waals surface area contributed by atoms with Gasteiger partial charge in [0.2, 0.25) is 22.2 Å². The molecule has 0 spiro atoms. The van der Waals surface area contributed by atoms with E-state index in [9.17, 15) is 104 Å². The Morgan fingerprint density at radius 2 is 0.747 bits per heavy atom. The van der Waals surface area contributed by atoms with Crippen LogP contribution in [-0.4, -0.2) is 343 Å². The molecule has 83 heavy (non-hydrogen) atoms. The molecular weight excluding hydrogens is 1160 g/mol. The normalized spacial score (nSPS) is 45.4. The maximum Gasteiger partial charge on any atom is 0.218 e. The molecule has 0 saturated carbocycles. The Kier molecular flexibility index (Phi) is 26.2. The minimum Gasteiger partial charge on any atom is -0.726 e. The molecule has 20 N–H and O–H groups in total. The minimum atomic E-state index is -5.63. The van der Waals surface area contributed by atoms with Crippen LogP contribution in [0.4, 0.5) is 0 Å². The van der Waals surface area contributed by atoms with Crippen molar-refractivity contribution in [2.45, 2.75) is 217 Å². The van der Waals surface area contributed by atoms with E-state index in [-0.39, 0.29) is 6.61 Å². The van der Waals surface area contributed by atoms with Gasteiger partial charge in [-0.3, -0.25) is 13.8 Å². The Morgan fingerprint density at radius 1 is 0.422 bits per heavy atom. The molecular formula is C45H78N3O34S-. The topological polar surface area (TPSA) is 585 Å². The van der Waals surface area contributed by atoms with Crippen molar-refractivity contribution in [3.8, 4) is 0 Å². The summed E-state index contributed by atoms with van der Waals surface area (Å²) >= 11 is 0. The highest BCUT2D eigenvalue weighted by atomic mass is 32.3. The monoisotopic (exact) mass is 1240 g/mol. The van der Waals surface area contributed by atoms with E-state index < -0.39 is 246 Å². The third-order valence-electron chi connectivity index (χ3n) is 14.5. The molecule has 0 radical (unpaired) electrons. The van der Waals surface area contributed by atoms with Crippen LogP contribution in [-0.2, 0) is 81.0 Å². The highest BCUT2D eigenvalue weighted by molar-refractivity contribution is 7.80. The number of rotatable bonds is 26. The van der Waals surface area contributed by atoms with Gasteiger partial charge in [-0.05, 0) is 25.8 Å². The van der Waals surface area contributed by atoms with Gasteiger partial charge in [0.05, 0.1) is 39.6 Å². The molecule has 37 nitrogen and oxygen atoms in total. The Balaban J connectivity index is 1.19. The number of aliphatic hydroxyl groups is 16. The van der Waals surface area contributed by atoms with Gasteiger partial charge in [0, 0.05) is 20.5 Å². The van der Waals surface area contributed by atoms with E-state index in [0.29, 0.717) is 25.8 Å². The number of ether oxygens (including phenoxy) is 12. The lowest BCUT2D eigenvalue weighted by Crippen LogP contribution is -2.70. The third-order valence-corrected chi connectivity index (χ3v) is 15.0. The number of aliphatic hydroxyl groups excluding tert-OH is 16. The van der Waals surface area contributed by atoms with Gasteiger partial charge in [0.15, 0.2) is 37.7 Å². The zero-order chi connectivity index (χ0) is 61.4. The summed E-state index contributed by atoms with van der Waals surface area (Å²) in [5.74, 6) is -1.78. The van der Waals surface area contributed by atoms with Crippen LogP contribution in [0.3, 0.4) is 0 Å². The number of carbonyl (C=O) groups excluding carboxylic acids is 2. The summed E-state index contributed by atoms with van der Waals surface area (Å²) in [4.78, 5) is 25.3. The first-order valence-electron chi connectivity index (χ1n) is 26.4. The van der Waals surface area contributed by atoms with Crippen LogP contribution in [0.2, 0.25) is 0 Å². The summed E-state index contributed by atoms with van der Waals surface area (Å²) in [6.07, 6.45) is -52.9. The molecule has 484 valence electrons. The van der Waals surface area contributed by atoms with Crippen LogP contribution in [0.5, 0.6) is 0 Å². The molecule has 6 rings (SSSR count). The second-order valence-corrected chi connectivity index (χ2v) is 21.4. The zero-order valence-corrected chi connectivity index (χ0v) is 45.4. The predicted molar refractivity (Wildman–Crippen MR) is 258 cm³/mol. The largest absolute Gasteiger partial charge is 0.726 e. The number of nitrogens with two attached hydrogens (primary N) is 1. The Bertz CT molecular complexity index is 2120. The maximum atomic E-state index is 12.7. The van der Waals surface area contributed by atoms with Crippen LogP contribution in [0, 0.1) is 0 Å². The number of hydrogen-bond donors (Lipinski definition) is 19. The van der Waals surface area contributed by atoms with E-state index in [1.165, 1.54) is 0 Å². The van der Waals surface area contributed by atoms with E-state index in [2.05, 4.69) is 14.8 Å². The van der Waals surface area contributed by atoms with Gasteiger partial charge in [0.1, 0.15) is 146 Å². The average Bonchev–Trinajstić information content (AvgIpc) is 3.47. The summed E-state index contributed by atoms with van der Waals surface area (Å²) < 4.78 is 108. The predicted octanol–water partition coefficient (Wildman–Crippen LogP) is -13.2. The summed E-state index contributed by atoms with van der Waals surface area (Å²) in [5, 5.41) is 180. The van der Waals surface area contributed by atoms with Gasteiger partial charge < -0.3 is 159 Å². The van der Waals surface area contributed by atoms with Crippen molar-refractivity contribution in [2.75, 3.05) is 52.8 Å². The molecule has 6 heterocycles. The highest BCUT2D eigenvalue weighted by Gasteiger charge is 2.58. The summed E-state index contributed by atoms with van der Waals surface area (Å²) in [5.41, 5.74) is 5.52. The average molecular weight is 1240 g/mol. The fourth-order valence-electron chi connectivity index (χ4n) is 10.3. The van der Waals surface area contributed by atoms with Crippen LogP contribution in [0.25, 0.3) is 0 Å². The van der Waals surface area contributed by atoms with Gasteiger partial charge in [-0.15, -0.1) is 0 Å². The molecule has 0 aliphatic carbocycles. The molecule has 38 heteroatoms. The van der Waals surface area contributed by atoms with Crippen molar-refractivity contribution in [2.24, 2.45) is 5.73 Å². The maximum absolute atomic E-state index is 12.7. The molecule has 0 aromatic carbocycles.